The number of aliphatic hydroxyl groups is 1. The number of hydrogen-bond acceptors (Lipinski definition) is 3. The van der Waals surface area contributed by atoms with E-state index in [1.54, 1.807) is 6.92 Å². The van der Waals surface area contributed by atoms with E-state index in [-0.39, 0.29) is 17.3 Å². The molecule has 0 bridgehead atoms. The summed E-state index contributed by atoms with van der Waals surface area (Å²) >= 11 is 0. The van der Waals surface area contributed by atoms with Gasteiger partial charge in [0, 0.05) is 0 Å². The molecule has 0 heterocycles. The summed E-state index contributed by atoms with van der Waals surface area (Å²) in [6.07, 6.45) is 1.22. The molecule has 0 aromatic rings. The summed E-state index contributed by atoms with van der Waals surface area (Å²) < 4.78 is 0. The summed E-state index contributed by atoms with van der Waals surface area (Å²) in [6, 6.07) is 0. The Morgan fingerprint density at radius 1 is 1.07 bits per heavy atom. The van der Waals surface area contributed by atoms with Crippen LogP contribution in [0.25, 0.3) is 0 Å². The Labute approximate surface area is 87.3 Å². The third-order valence-electron chi connectivity index (χ3n) is 1.68. The number of rotatable bonds is 5. The van der Waals surface area contributed by atoms with Crippen molar-refractivity contribution in [1.29, 1.82) is 0 Å². The quantitative estimate of drug-likeness (QED) is 0.552. The van der Waals surface area contributed by atoms with Gasteiger partial charge in [0.15, 0.2) is 0 Å². The summed E-state index contributed by atoms with van der Waals surface area (Å²) in [5.74, 6) is 0. The molecule has 0 aliphatic heterocycles. The van der Waals surface area contributed by atoms with E-state index in [4.69, 9.17) is 14.9 Å². The smallest absolute Gasteiger partial charge is 0.0981 e. The van der Waals surface area contributed by atoms with E-state index in [1.807, 2.05) is 34.6 Å². The molecule has 0 amide bonds. The third-order valence-corrected chi connectivity index (χ3v) is 1.68. The molecule has 0 saturated heterocycles. The molecule has 0 saturated carbocycles. The highest BCUT2D eigenvalue weighted by molar-refractivity contribution is 4.68. The molecule has 0 aromatic carbocycles. The van der Waals surface area contributed by atoms with E-state index >= 15 is 0 Å². The zero-order chi connectivity index (χ0) is 11.4. The number of hydrogen-bond donors (Lipinski definition) is 1. The normalized spacial score (nSPS) is 15.6. The van der Waals surface area contributed by atoms with E-state index in [2.05, 4.69) is 0 Å². The first kappa shape index (κ1) is 13.9. The van der Waals surface area contributed by atoms with Gasteiger partial charge in [-0.2, -0.15) is 0 Å². The Kier molecular flexibility index (Phi) is 5.06. The van der Waals surface area contributed by atoms with Gasteiger partial charge in [-0.25, -0.2) is 9.78 Å². The maximum absolute atomic E-state index is 9.15. The van der Waals surface area contributed by atoms with Crippen LogP contribution in [-0.2, 0) is 9.78 Å². The van der Waals surface area contributed by atoms with Crippen LogP contribution in [0, 0.1) is 0 Å². The Balaban J connectivity index is 3.83. The first-order chi connectivity index (χ1) is 6.12. The van der Waals surface area contributed by atoms with Gasteiger partial charge in [0.1, 0.15) is 0 Å². The molecule has 0 aliphatic carbocycles. The van der Waals surface area contributed by atoms with Crippen molar-refractivity contribution in [2.24, 2.45) is 0 Å². The topological polar surface area (TPSA) is 38.7 Å². The molecular weight excluding hydrogens is 180 g/mol. The van der Waals surface area contributed by atoms with Crippen molar-refractivity contribution in [2.45, 2.75) is 71.7 Å². The number of aliphatic hydroxyl groups excluding tert-OH is 1. The molecule has 0 aliphatic rings. The second-order valence-electron chi connectivity index (χ2n) is 5.43. The van der Waals surface area contributed by atoms with Crippen molar-refractivity contribution in [3.63, 3.8) is 0 Å². The van der Waals surface area contributed by atoms with Crippen molar-refractivity contribution in [1.82, 2.24) is 0 Å². The van der Waals surface area contributed by atoms with Gasteiger partial charge in [0.25, 0.3) is 0 Å². The van der Waals surface area contributed by atoms with E-state index < -0.39 is 0 Å². The van der Waals surface area contributed by atoms with E-state index in [1.165, 1.54) is 0 Å². The average Bonchev–Trinajstić information content (AvgIpc) is 1.97. The summed E-state index contributed by atoms with van der Waals surface area (Å²) in [6.45, 7) is 11.5. The predicted molar refractivity (Wildman–Crippen MR) is 56.9 cm³/mol. The fourth-order valence-electron chi connectivity index (χ4n) is 0.836. The van der Waals surface area contributed by atoms with Crippen molar-refractivity contribution >= 4 is 0 Å². The summed E-state index contributed by atoms with van der Waals surface area (Å²) in [5, 5.41) is 9.15. The van der Waals surface area contributed by atoms with Crippen LogP contribution in [0.2, 0.25) is 0 Å². The Bertz CT molecular complexity index is 156. The monoisotopic (exact) mass is 204 g/mol. The van der Waals surface area contributed by atoms with E-state index in [0.29, 0.717) is 0 Å². The fraction of sp³-hybridized carbons (Fsp3) is 1.00. The second kappa shape index (κ2) is 5.10. The van der Waals surface area contributed by atoms with Gasteiger partial charge in [-0.15, -0.1) is 0 Å². The molecule has 0 aromatic heterocycles. The summed E-state index contributed by atoms with van der Waals surface area (Å²) in [7, 11) is 0. The van der Waals surface area contributed by atoms with Crippen LogP contribution in [0.1, 0.15) is 54.4 Å². The largest absolute Gasteiger partial charge is 0.393 e. The van der Waals surface area contributed by atoms with E-state index in [9.17, 15) is 0 Å². The first-order valence-electron chi connectivity index (χ1n) is 5.17. The zero-order valence-electron chi connectivity index (χ0n) is 10.3. The maximum Gasteiger partial charge on any atom is 0.0981 e. The Morgan fingerprint density at radius 2 is 1.57 bits per heavy atom. The molecular formula is C11H24O3. The van der Waals surface area contributed by atoms with Gasteiger partial charge in [0.05, 0.1) is 17.3 Å². The van der Waals surface area contributed by atoms with Crippen LogP contribution in [0.3, 0.4) is 0 Å². The molecule has 1 N–H and O–H groups in total. The van der Waals surface area contributed by atoms with Crippen molar-refractivity contribution < 1.29 is 14.9 Å². The second-order valence-corrected chi connectivity index (χ2v) is 5.43. The molecule has 0 radical (unpaired) electrons. The van der Waals surface area contributed by atoms with Crippen LogP contribution in [0.15, 0.2) is 0 Å². The standard InChI is InChI=1S/C11H24O3/c1-9(12)7-8-11(5,6)14-13-10(2,3)4/h9,12H,7-8H2,1-6H3. The minimum absolute atomic E-state index is 0.285. The van der Waals surface area contributed by atoms with Crippen molar-refractivity contribution in [2.75, 3.05) is 0 Å². The minimum Gasteiger partial charge on any atom is -0.393 e. The molecule has 14 heavy (non-hydrogen) atoms. The highest BCUT2D eigenvalue weighted by atomic mass is 17.2. The van der Waals surface area contributed by atoms with Crippen molar-refractivity contribution in [3.05, 3.63) is 0 Å². The fourth-order valence-corrected chi connectivity index (χ4v) is 0.836. The Morgan fingerprint density at radius 3 is 1.93 bits per heavy atom. The molecule has 0 rings (SSSR count). The molecule has 3 nitrogen and oxygen atoms in total. The van der Waals surface area contributed by atoms with Crippen LogP contribution in [0.5, 0.6) is 0 Å². The summed E-state index contributed by atoms with van der Waals surface area (Å²) in [4.78, 5) is 10.6. The van der Waals surface area contributed by atoms with Gasteiger partial charge < -0.3 is 5.11 Å². The highest BCUT2D eigenvalue weighted by Crippen LogP contribution is 2.21. The van der Waals surface area contributed by atoms with Crippen LogP contribution in [-0.4, -0.2) is 22.4 Å². The lowest BCUT2D eigenvalue weighted by molar-refractivity contribution is -0.398. The molecule has 3 heteroatoms. The van der Waals surface area contributed by atoms with Gasteiger partial charge in [-0.3, -0.25) is 0 Å². The Hall–Kier alpha value is -0.120. The molecule has 0 fully saturated rings. The lowest BCUT2D eigenvalue weighted by Gasteiger charge is -2.28. The molecule has 86 valence electrons. The molecule has 0 spiro atoms. The predicted octanol–water partition coefficient (Wildman–Crippen LogP) is 2.67. The maximum atomic E-state index is 9.15. The van der Waals surface area contributed by atoms with Gasteiger partial charge in [0.2, 0.25) is 0 Å². The molecule has 1 atom stereocenters. The lowest BCUT2D eigenvalue weighted by atomic mass is 10.0. The van der Waals surface area contributed by atoms with Crippen LogP contribution < -0.4 is 0 Å². The zero-order valence-corrected chi connectivity index (χ0v) is 10.3. The average molecular weight is 204 g/mol. The molecule has 1 unspecified atom stereocenters. The van der Waals surface area contributed by atoms with E-state index in [0.717, 1.165) is 12.8 Å². The van der Waals surface area contributed by atoms with Crippen LogP contribution >= 0.6 is 0 Å². The summed E-state index contributed by atoms with van der Waals surface area (Å²) in [5.41, 5.74) is -0.633. The van der Waals surface area contributed by atoms with Crippen molar-refractivity contribution in [3.8, 4) is 0 Å². The van der Waals surface area contributed by atoms with Crippen LogP contribution in [0.4, 0.5) is 0 Å². The SMILES string of the molecule is CC(O)CCC(C)(C)OOC(C)(C)C. The lowest BCUT2D eigenvalue weighted by Crippen LogP contribution is -2.31. The van der Waals surface area contributed by atoms with Gasteiger partial charge in [-0.05, 0) is 54.4 Å². The highest BCUT2D eigenvalue weighted by Gasteiger charge is 2.23. The first-order valence-corrected chi connectivity index (χ1v) is 5.17. The van der Waals surface area contributed by atoms with Gasteiger partial charge in [-0.1, -0.05) is 0 Å². The third kappa shape index (κ3) is 8.48. The van der Waals surface area contributed by atoms with Gasteiger partial charge >= 0.3 is 0 Å². The minimum atomic E-state index is -0.343.